The number of anilines is 1. The molecule has 0 aliphatic carbocycles. The number of rotatable bonds is 8. The van der Waals surface area contributed by atoms with E-state index in [0.717, 1.165) is 11.3 Å². The van der Waals surface area contributed by atoms with E-state index in [4.69, 9.17) is 9.47 Å². The van der Waals surface area contributed by atoms with E-state index in [1.54, 1.807) is 31.4 Å². The zero-order valence-corrected chi connectivity index (χ0v) is 16.4. The van der Waals surface area contributed by atoms with Crippen molar-refractivity contribution >= 4 is 23.7 Å². The number of carbonyl (C=O) groups is 2. The first-order chi connectivity index (χ1) is 13.4. The van der Waals surface area contributed by atoms with Gasteiger partial charge in [0, 0.05) is 5.69 Å². The summed E-state index contributed by atoms with van der Waals surface area (Å²) in [6, 6.07) is 14.2. The first-order valence-electron chi connectivity index (χ1n) is 8.93. The van der Waals surface area contributed by atoms with Gasteiger partial charge in [-0.15, -0.1) is 0 Å². The number of hydrogen-bond acceptors (Lipinski definition) is 5. The van der Waals surface area contributed by atoms with Crippen LogP contribution in [-0.2, 0) is 9.59 Å². The zero-order chi connectivity index (χ0) is 20.5. The summed E-state index contributed by atoms with van der Waals surface area (Å²) >= 11 is 0. The molecular weight excluding hydrogens is 358 g/mol. The summed E-state index contributed by atoms with van der Waals surface area (Å²) in [6.45, 7) is 5.40. The van der Waals surface area contributed by atoms with Crippen LogP contribution in [0, 0.1) is 5.92 Å². The Balaban J connectivity index is 1.88. The summed E-state index contributed by atoms with van der Waals surface area (Å²) in [5.74, 6) is -0.435. The number of carbonyl (C=O) groups excluding carboxylic acids is 2. The van der Waals surface area contributed by atoms with E-state index in [0.29, 0.717) is 11.4 Å². The lowest BCUT2D eigenvalue weighted by atomic mass is 10.1. The lowest BCUT2D eigenvalue weighted by molar-refractivity contribution is -0.131. The Morgan fingerprint density at radius 1 is 1.00 bits per heavy atom. The summed E-state index contributed by atoms with van der Waals surface area (Å²) in [7, 11) is 1.56. The molecule has 0 aliphatic rings. The van der Waals surface area contributed by atoms with Gasteiger partial charge in [0.05, 0.1) is 19.4 Å². The van der Waals surface area contributed by atoms with Crippen LogP contribution in [0.5, 0.6) is 11.5 Å². The molecule has 148 valence electrons. The van der Waals surface area contributed by atoms with Crippen molar-refractivity contribution < 1.29 is 19.1 Å². The van der Waals surface area contributed by atoms with Gasteiger partial charge in [0.2, 0.25) is 5.91 Å². The van der Waals surface area contributed by atoms with E-state index < -0.39 is 17.7 Å². The van der Waals surface area contributed by atoms with Crippen molar-refractivity contribution in [3.8, 4) is 11.5 Å². The molecule has 0 bridgehead atoms. The SMILES string of the molecule is COc1ccc(NC(=O)C(C)C(=O)NN=Cc2cccc(OC(C)C)c2)cc1. The fourth-order valence-corrected chi connectivity index (χ4v) is 2.25. The van der Waals surface area contributed by atoms with E-state index in [9.17, 15) is 9.59 Å². The number of ether oxygens (including phenoxy) is 2. The highest BCUT2D eigenvalue weighted by atomic mass is 16.5. The number of hydrazone groups is 1. The van der Waals surface area contributed by atoms with Gasteiger partial charge in [-0.1, -0.05) is 12.1 Å². The van der Waals surface area contributed by atoms with Crippen molar-refractivity contribution in [2.24, 2.45) is 11.0 Å². The van der Waals surface area contributed by atoms with E-state index in [2.05, 4.69) is 15.8 Å². The number of nitrogens with zero attached hydrogens (tertiary/aromatic N) is 1. The molecule has 7 nitrogen and oxygen atoms in total. The van der Waals surface area contributed by atoms with Gasteiger partial charge < -0.3 is 14.8 Å². The first-order valence-corrected chi connectivity index (χ1v) is 8.93. The molecule has 2 aromatic rings. The maximum Gasteiger partial charge on any atom is 0.252 e. The fourth-order valence-electron chi connectivity index (χ4n) is 2.25. The van der Waals surface area contributed by atoms with Crippen LogP contribution in [0.1, 0.15) is 26.3 Å². The molecule has 0 aromatic heterocycles. The molecule has 1 unspecified atom stereocenters. The van der Waals surface area contributed by atoms with Crippen LogP contribution in [0.4, 0.5) is 5.69 Å². The molecule has 1 atom stereocenters. The highest BCUT2D eigenvalue weighted by molar-refractivity contribution is 6.06. The Morgan fingerprint density at radius 2 is 1.71 bits per heavy atom. The van der Waals surface area contributed by atoms with Gasteiger partial charge in [-0.25, -0.2) is 5.43 Å². The Hall–Kier alpha value is -3.35. The molecule has 0 heterocycles. The van der Waals surface area contributed by atoms with Gasteiger partial charge in [-0.3, -0.25) is 9.59 Å². The van der Waals surface area contributed by atoms with E-state index in [-0.39, 0.29) is 6.10 Å². The average molecular weight is 383 g/mol. The second-order valence-electron chi connectivity index (χ2n) is 6.41. The van der Waals surface area contributed by atoms with Gasteiger partial charge in [-0.05, 0) is 62.7 Å². The van der Waals surface area contributed by atoms with Crippen molar-refractivity contribution in [2.75, 3.05) is 12.4 Å². The zero-order valence-electron chi connectivity index (χ0n) is 16.4. The molecule has 28 heavy (non-hydrogen) atoms. The third-order valence-electron chi connectivity index (χ3n) is 3.76. The van der Waals surface area contributed by atoms with Gasteiger partial charge in [-0.2, -0.15) is 5.10 Å². The van der Waals surface area contributed by atoms with Gasteiger partial charge >= 0.3 is 0 Å². The van der Waals surface area contributed by atoms with Crippen LogP contribution in [0.25, 0.3) is 0 Å². The first kappa shape index (κ1) is 21.0. The van der Waals surface area contributed by atoms with Crippen LogP contribution in [0.15, 0.2) is 53.6 Å². The molecule has 0 fully saturated rings. The minimum absolute atomic E-state index is 0.0666. The van der Waals surface area contributed by atoms with Crippen LogP contribution < -0.4 is 20.2 Å². The third kappa shape index (κ3) is 6.42. The second kappa shape index (κ2) is 10.1. The molecule has 2 rings (SSSR count). The highest BCUT2D eigenvalue weighted by Crippen LogP contribution is 2.16. The maximum atomic E-state index is 12.2. The number of nitrogens with one attached hydrogen (secondary N) is 2. The number of amides is 2. The van der Waals surface area contributed by atoms with E-state index in [1.165, 1.54) is 13.1 Å². The number of methoxy groups -OCH3 is 1. The van der Waals surface area contributed by atoms with Gasteiger partial charge in [0.1, 0.15) is 17.4 Å². The van der Waals surface area contributed by atoms with Crippen LogP contribution in [0.3, 0.4) is 0 Å². The molecule has 7 heteroatoms. The Bertz CT molecular complexity index is 832. The number of benzene rings is 2. The average Bonchev–Trinajstić information content (AvgIpc) is 2.67. The Kier molecular flexibility index (Phi) is 7.56. The lowest BCUT2D eigenvalue weighted by Crippen LogP contribution is -2.34. The maximum absolute atomic E-state index is 12.2. The van der Waals surface area contributed by atoms with Gasteiger partial charge in [0.15, 0.2) is 0 Å². The third-order valence-corrected chi connectivity index (χ3v) is 3.76. The molecule has 0 aliphatic heterocycles. The molecule has 0 saturated carbocycles. The molecular formula is C21H25N3O4. The molecule has 0 spiro atoms. The monoisotopic (exact) mass is 383 g/mol. The summed E-state index contributed by atoms with van der Waals surface area (Å²) in [5, 5.41) is 6.60. The lowest BCUT2D eigenvalue weighted by Gasteiger charge is -2.11. The summed E-state index contributed by atoms with van der Waals surface area (Å²) < 4.78 is 10.7. The normalized spacial score (nSPS) is 11.9. The predicted octanol–water partition coefficient (Wildman–Crippen LogP) is 3.21. The molecule has 2 aromatic carbocycles. The van der Waals surface area contributed by atoms with Crippen molar-refractivity contribution in [1.29, 1.82) is 0 Å². The topological polar surface area (TPSA) is 89.0 Å². The summed E-state index contributed by atoms with van der Waals surface area (Å²) in [4.78, 5) is 24.4. The summed E-state index contributed by atoms with van der Waals surface area (Å²) in [5.41, 5.74) is 3.74. The van der Waals surface area contributed by atoms with Crippen LogP contribution >= 0.6 is 0 Å². The number of hydrogen-bond donors (Lipinski definition) is 2. The van der Waals surface area contributed by atoms with Crippen molar-refractivity contribution in [3.05, 3.63) is 54.1 Å². The molecule has 2 amide bonds. The quantitative estimate of drug-likeness (QED) is 0.416. The molecule has 0 radical (unpaired) electrons. The fraction of sp³-hybridized carbons (Fsp3) is 0.286. The van der Waals surface area contributed by atoms with Crippen molar-refractivity contribution in [2.45, 2.75) is 26.9 Å². The minimum atomic E-state index is -0.908. The van der Waals surface area contributed by atoms with Crippen LogP contribution in [-0.4, -0.2) is 31.2 Å². The van der Waals surface area contributed by atoms with E-state index in [1.807, 2.05) is 38.1 Å². The van der Waals surface area contributed by atoms with Crippen molar-refractivity contribution in [3.63, 3.8) is 0 Å². The standard InChI is InChI=1S/C21H25N3O4/c1-14(2)28-19-7-5-6-16(12-19)13-22-24-21(26)15(3)20(25)23-17-8-10-18(27-4)11-9-17/h5-15H,1-4H3,(H,23,25)(H,24,26). The smallest absolute Gasteiger partial charge is 0.252 e. The highest BCUT2D eigenvalue weighted by Gasteiger charge is 2.21. The van der Waals surface area contributed by atoms with Gasteiger partial charge in [0.25, 0.3) is 5.91 Å². The summed E-state index contributed by atoms with van der Waals surface area (Å²) in [6.07, 6.45) is 1.57. The van der Waals surface area contributed by atoms with E-state index >= 15 is 0 Å². The Morgan fingerprint density at radius 3 is 2.36 bits per heavy atom. The molecule has 2 N–H and O–H groups in total. The molecule has 0 saturated heterocycles. The van der Waals surface area contributed by atoms with Crippen LogP contribution in [0.2, 0.25) is 0 Å². The van der Waals surface area contributed by atoms with Crippen molar-refractivity contribution in [1.82, 2.24) is 5.43 Å². The second-order valence-corrected chi connectivity index (χ2v) is 6.41. The Labute approximate surface area is 164 Å². The largest absolute Gasteiger partial charge is 0.497 e. The minimum Gasteiger partial charge on any atom is -0.497 e. The predicted molar refractivity (Wildman–Crippen MR) is 109 cm³/mol.